The van der Waals surface area contributed by atoms with Crippen molar-refractivity contribution in [2.75, 3.05) is 6.61 Å². The van der Waals surface area contributed by atoms with E-state index in [2.05, 4.69) is 26.0 Å². The Labute approximate surface area is 221 Å². The summed E-state index contributed by atoms with van der Waals surface area (Å²) in [4.78, 5) is 0. The van der Waals surface area contributed by atoms with Gasteiger partial charge in [-0.2, -0.15) is 10.5 Å². The summed E-state index contributed by atoms with van der Waals surface area (Å²) >= 11 is 0. The van der Waals surface area contributed by atoms with Gasteiger partial charge in [0.1, 0.15) is 23.5 Å². The summed E-state index contributed by atoms with van der Waals surface area (Å²) in [5.74, 6) is 4.07. The number of benzene rings is 1. The maximum atomic E-state index is 9.87. The lowest BCUT2D eigenvalue weighted by Crippen LogP contribution is -2.15. The largest absolute Gasteiger partial charge is 0.492 e. The minimum atomic E-state index is 0.440. The van der Waals surface area contributed by atoms with Gasteiger partial charge in [0.15, 0.2) is 0 Å². The van der Waals surface area contributed by atoms with Crippen molar-refractivity contribution in [2.24, 2.45) is 23.7 Å². The zero-order valence-electron chi connectivity index (χ0n) is 23.2. The molecule has 36 heavy (non-hydrogen) atoms. The van der Waals surface area contributed by atoms with Gasteiger partial charge in [-0.05, 0) is 61.0 Å². The average Bonchev–Trinajstić information content (AvgIpc) is 2.91. The smallest absolute Gasteiger partial charge is 0.138 e. The van der Waals surface area contributed by atoms with E-state index in [1.165, 1.54) is 96.3 Å². The Morgan fingerprint density at radius 3 is 1.78 bits per heavy atom. The van der Waals surface area contributed by atoms with Gasteiger partial charge >= 0.3 is 0 Å². The highest BCUT2D eigenvalue weighted by molar-refractivity contribution is 5.57. The van der Waals surface area contributed by atoms with E-state index in [-0.39, 0.29) is 0 Å². The van der Waals surface area contributed by atoms with E-state index in [4.69, 9.17) is 4.74 Å². The minimum absolute atomic E-state index is 0.440. The van der Waals surface area contributed by atoms with Gasteiger partial charge in [0.25, 0.3) is 0 Å². The van der Waals surface area contributed by atoms with Gasteiger partial charge in [-0.1, -0.05) is 110 Å². The third-order valence-corrected chi connectivity index (χ3v) is 9.16. The van der Waals surface area contributed by atoms with Crippen LogP contribution < -0.4 is 4.74 Å². The van der Waals surface area contributed by atoms with Crippen LogP contribution in [0.15, 0.2) is 12.1 Å². The van der Waals surface area contributed by atoms with Crippen LogP contribution in [0.1, 0.15) is 140 Å². The fourth-order valence-corrected chi connectivity index (χ4v) is 6.82. The van der Waals surface area contributed by atoms with E-state index >= 15 is 0 Å². The van der Waals surface area contributed by atoms with Crippen LogP contribution in [-0.2, 0) is 6.42 Å². The lowest BCUT2D eigenvalue weighted by atomic mass is 9.77. The Bertz CT molecular complexity index is 848. The first-order chi connectivity index (χ1) is 17.7. The van der Waals surface area contributed by atoms with Crippen LogP contribution in [0.4, 0.5) is 0 Å². The van der Waals surface area contributed by atoms with Crippen LogP contribution in [0.25, 0.3) is 0 Å². The number of unbranched alkanes of at least 4 members (excludes halogenated alkanes) is 2. The number of aryl methyl sites for hydroxylation is 1. The average molecular weight is 491 g/mol. The second-order valence-corrected chi connectivity index (χ2v) is 11.8. The monoisotopic (exact) mass is 490 g/mol. The molecule has 2 aliphatic carbocycles. The molecule has 0 spiro atoms. The first kappa shape index (κ1) is 28.6. The summed E-state index contributed by atoms with van der Waals surface area (Å²) < 4.78 is 6.05. The van der Waals surface area contributed by atoms with Gasteiger partial charge in [-0.3, -0.25) is 0 Å². The molecule has 3 heteroatoms. The molecule has 0 amide bonds. The molecule has 198 valence electrons. The predicted molar refractivity (Wildman–Crippen MR) is 149 cm³/mol. The molecule has 0 aromatic heterocycles. The van der Waals surface area contributed by atoms with E-state index in [1.54, 1.807) is 0 Å². The molecule has 1 aromatic rings. The Kier molecular flexibility index (Phi) is 12.7. The third kappa shape index (κ3) is 8.83. The molecule has 1 aromatic carbocycles. The molecule has 3 nitrogen and oxygen atoms in total. The first-order valence-electron chi connectivity index (χ1n) is 15.3. The van der Waals surface area contributed by atoms with Gasteiger partial charge < -0.3 is 4.74 Å². The second-order valence-electron chi connectivity index (χ2n) is 11.8. The quantitative estimate of drug-likeness (QED) is 0.244. The van der Waals surface area contributed by atoms with Crippen molar-refractivity contribution in [3.05, 3.63) is 28.8 Å². The third-order valence-electron chi connectivity index (χ3n) is 9.16. The zero-order chi connectivity index (χ0) is 25.6. The highest BCUT2D eigenvalue weighted by atomic mass is 16.5. The number of rotatable bonds is 14. The van der Waals surface area contributed by atoms with E-state index in [0.29, 0.717) is 23.5 Å². The molecule has 0 bridgehead atoms. The van der Waals surface area contributed by atoms with Gasteiger partial charge in [0.05, 0.1) is 12.2 Å². The van der Waals surface area contributed by atoms with E-state index in [9.17, 15) is 10.5 Å². The lowest BCUT2D eigenvalue weighted by Gasteiger charge is -2.28. The molecule has 0 saturated heterocycles. The maximum absolute atomic E-state index is 9.87. The Balaban J connectivity index is 1.43. The van der Waals surface area contributed by atoms with Crippen molar-refractivity contribution in [1.29, 1.82) is 10.5 Å². The lowest BCUT2D eigenvalue weighted by molar-refractivity contribution is 0.230. The first-order valence-corrected chi connectivity index (χ1v) is 15.3. The molecular formula is C33H50N2O. The molecular weight excluding hydrogens is 440 g/mol. The van der Waals surface area contributed by atoms with Crippen molar-refractivity contribution in [3.8, 4) is 17.9 Å². The van der Waals surface area contributed by atoms with Crippen molar-refractivity contribution in [2.45, 2.75) is 129 Å². The van der Waals surface area contributed by atoms with Crippen LogP contribution in [-0.4, -0.2) is 6.61 Å². The normalized spacial score (nSPS) is 24.1. The van der Waals surface area contributed by atoms with Gasteiger partial charge in [0, 0.05) is 0 Å². The van der Waals surface area contributed by atoms with Crippen molar-refractivity contribution < 1.29 is 4.74 Å². The van der Waals surface area contributed by atoms with Crippen molar-refractivity contribution in [1.82, 2.24) is 0 Å². The SMILES string of the molecule is CCCCCC1CCC(CCc2ccc(OCCCC3CCC(CCC)CC3)c(C#N)c2C#N)CC1. The zero-order valence-corrected chi connectivity index (χ0v) is 23.2. The van der Waals surface area contributed by atoms with Crippen LogP contribution in [0, 0.1) is 46.3 Å². The molecule has 0 N–H and O–H groups in total. The topological polar surface area (TPSA) is 56.8 Å². The fourth-order valence-electron chi connectivity index (χ4n) is 6.82. The summed E-state index contributed by atoms with van der Waals surface area (Å²) in [6, 6.07) is 8.60. The molecule has 2 fully saturated rings. The molecule has 2 saturated carbocycles. The Hall–Kier alpha value is -2.00. The number of nitriles is 2. The summed E-state index contributed by atoms with van der Waals surface area (Å²) in [7, 11) is 0. The van der Waals surface area contributed by atoms with Crippen LogP contribution in [0.5, 0.6) is 5.75 Å². The summed E-state index contributed by atoms with van der Waals surface area (Å²) in [6.07, 6.45) is 23.4. The summed E-state index contributed by atoms with van der Waals surface area (Å²) in [5, 5.41) is 19.7. The molecule has 0 heterocycles. The van der Waals surface area contributed by atoms with Crippen LogP contribution in [0.3, 0.4) is 0 Å². The van der Waals surface area contributed by atoms with E-state index in [1.807, 2.05) is 12.1 Å². The highest BCUT2D eigenvalue weighted by Gasteiger charge is 2.23. The molecule has 3 rings (SSSR count). The van der Waals surface area contributed by atoms with E-state index < -0.39 is 0 Å². The van der Waals surface area contributed by atoms with Gasteiger partial charge in [-0.25, -0.2) is 0 Å². The number of nitrogens with zero attached hydrogens (tertiary/aromatic N) is 2. The predicted octanol–water partition coefficient (Wildman–Crippen LogP) is 9.51. The van der Waals surface area contributed by atoms with Crippen LogP contribution in [0.2, 0.25) is 0 Å². The fraction of sp³-hybridized carbons (Fsp3) is 0.758. The molecule has 0 radical (unpaired) electrons. The number of hydrogen-bond donors (Lipinski definition) is 0. The van der Waals surface area contributed by atoms with Gasteiger partial charge in [0.2, 0.25) is 0 Å². The van der Waals surface area contributed by atoms with Crippen molar-refractivity contribution >= 4 is 0 Å². The Morgan fingerprint density at radius 1 is 0.667 bits per heavy atom. The van der Waals surface area contributed by atoms with Gasteiger partial charge in [-0.15, -0.1) is 0 Å². The minimum Gasteiger partial charge on any atom is -0.492 e. The highest BCUT2D eigenvalue weighted by Crippen LogP contribution is 2.36. The number of ether oxygens (including phenoxy) is 1. The van der Waals surface area contributed by atoms with E-state index in [0.717, 1.165) is 48.5 Å². The Morgan fingerprint density at radius 2 is 1.22 bits per heavy atom. The molecule has 0 atom stereocenters. The number of hydrogen-bond acceptors (Lipinski definition) is 3. The van der Waals surface area contributed by atoms with Crippen LogP contribution >= 0.6 is 0 Å². The summed E-state index contributed by atoms with van der Waals surface area (Å²) in [5.41, 5.74) is 2.00. The van der Waals surface area contributed by atoms with Crippen molar-refractivity contribution in [3.63, 3.8) is 0 Å². The maximum Gasteiger partial charge on any atom is 0.138 e. The molecule has 0 aliphatic heterocycles. The molecule has 0 unspecified atom stereocenters. The summed E-state index contributed by atoms with van der Waals surface area (Å²) in [6.45, 7) is 5.21. The standard InChI is InChI=1S/C33H50N2O/c1-3-5-6-9-27-15-17-29(18-16-27)19-20-30-21-22-33(32(25-35)31(30)24-34)36-23-7-10-28-13-11-26(8-4-2)12-14-28/h21-22,26-29H,3-20,23H2,1-2H3. The second kappa shape index (κ2) is 16.0. The molecule has 2 aliphatic rings.